The number of fused-ring (bicyclic) bond motifs is 1. The fourth-order valence-corrected chi connectivity index (χ4v) is 3.55. The lowest BCUT2D eigenvalue weighted by Gasteiger charge is -2.30. The summed E-state index contributed by atoms with van der Waals surface area (Å²) in [6.07, 6.45) is 4.08. The van der Waals surface area contributed by atoms with Gasteiger partial charge in [0.25, 0.3) is 5.91 Å². The molecule has 0 atom stereocenters. The second-order valence-corrected chi connectivity index (χ2v) is 6.97. The van der Waals surface area contributed by atoms with Crippen molar-refractivity contribution in [2.45, 2.75) is 18.9 Å². The van der Waals surface area contributed by atoms with Gasteiger partial charge in [0.1, 0.15) is 0 Å². The van der Waals surface area contributed by atoms with E-state index in [9.17, 15) is 4.79 Å². The molecule has 5 nitrogen and oxygen atoms in total. The van der Waals surface area contributed by atoms with Crippen molar-refractivity contribution >= 4 is 28.2 Å². The van der Waals surface area contributed by atoms with Crippen molar-refractivity contribution < 1.29 is 4.79 Å². The highest BCUT2D eigenvalue weighted by atomic mass is 16.1. The zero-order valence-electron chi connectivity index (χ0n) is 15.0. The molecule has 2 heterocycles. The number of anilines is 2. The first-order valence-corrected chi connectivity index (χ1v) is 9.12. The number of likely N-dealkylation sites (tertiary alicyclic amines) is 1. The SMILES string of the molecule is CN1CCC(Nc2ccccc2NC(=O)c2cccc3cc[nH]c23)CC1. The van der Waals surface area contributed by atoms with Gasteiger partial charge in [-0.05, 0) is 57.2 Å². The van der Waals surface area contributed by atoms with Gasteiger partial charge in [0.05, 0.1) is 22.5 Å². The fourth-order valence-electron chi connectivity index (χ4n) is 3.55. The maximum atomic E-state index is 12.8. The van der Waals surface area contributed by atoms with Gasteiger partial charge in [-0.15, -0.1) is 0 Å². The first kappa shape index (κ1) is 16.7. The van der Waals surface area contributed by atoms with Crippen LogP contribution in [0.15, 0.2) is 54.7 Å². The number of benzene rings is 2. The van der Waals surface area contributed by atoms with E-state index < -0.39 is 0 Å². The average molecular weight is 348 g/mol. The lowest BCUT2D eigenvalue weighted by atomic mass is 10.0. The second-order valence-electron chi connectivity index (χ2n) is 6.97. The van der Waals surface area contributed by atoms with Crippen molar-refractivity contribution in [3.05, 3.63) is 60.3 Å². The van der Waals surface area contributed by atoms with E-state index in [0.717, 1.165) is 48.2 Å². The number of hydrogen-bond donors (Lipinski definition) is 3. The van der Waals surface area contributed by atoms with Gasteiger partial charge < -0.3 is 20.5 Å². The Hall–Kier alpha value is -2.79. The first-order chi connectivity index (χ1) is 12.7. The normalized spacial score (nSPS) is 15.9. The standard InChI is InChI=1S/C21H24N4O/c1-25-13-10-16(11-14-25)23-18-7-2-3-8-19(18)24-21(26)17-6-4-5-15-9-12-22-20(15)17/h2-9,12,16,22-23H,10-11,13-14H2,1H3,(H,24,26). The smallest absolute Gasteiger partial charge is 0.257 e. The summed E-state index contributed by atoms with van der Waals surface area (Å²) in [7, 11) is 2.16. The molecule has 1 aromatic heterocycles. The fraction of sp³-hybridized carbons (Fsp3) is 0.286. The summed E-state index contributed by atoms with van der Waals surface area (Å²) >= 11 is 0. The predicted octanol–water partition coefficient (Wildman–Crippen LogP) is 3.93. The minimum absolute atomic E-state index is 0.101. The van der Waals surface area contributed by atoms with Crippen molar-refractivity contribution in [2.24, 2.45) is 0 Å². The van der Waals surface area contributed by atoms with Crippen LogP contribution in [0.3, 0.4) is 0 Å². The van der Waals surface area contributed by atoms with E-state index in [1.54, 1.807) is 0 Å². The number of piperidine rings is 1. The molecule has 0 saturated carbocycles. The Bertz CT molecular complexity index is 909. The van der Waals surface area contributed by atoms with Gasteiger partial charge >= 0.3 is 0 Å². The molecule has 1 amide bonds. The molecule has 1 saturated heterocycles. The molecule has 5 heteroatoms. The van der Waals surface area contributed by atoms with E-state index >= 15 is 0 Å². The molecule has 3 N–H and O–H groups in total. The second kappa shape index (κ2) is 7.22. The van der Waals surface area contributed by atoms with E-state index in [2.05, 4.69) is 27.6 Å². The van der Waals surface area contributed by atoms with Gasteiger partial charge in [-0.2, -0.15) is 0 Å². The van der Waals surface area contributed by atoms with Crippen molar-refractivity contribution in [3.63, 3.8) is 0 Å². The summed E-state index contributed by atoms with van der Waals surface area (Å²) in [4.78, 5) is 18.4. The van der Waals surface area contributed by atoms with Crippen LogP contribution in [0.25, 0.3) is 10.9 Å². The average Bonchev–Trinajstić information content (AvgIpc) is 3.14. The number of H-pyrrole nitrogens is 1. The maximum absolute atomic E-state index is 12.8. The van der Waals surface area contributed by atoms with Crippen LogP contribution >= 0.6 is 0 Å². The van der Waals surface area contributed by atoms with Gasteiger partial charge in [0.2, 0.25) is 0 Å². The third-order valence-electron chi connectivity index (χ3n) is 5.09. The van der Waals surface area contributed by atoms with Crippen molar-refractivity contribution in [2.75, 3.05) is 30.8 Å². The lowest BCUT2D eigenvalue weighted by Crippen LogP contribution is -2.36. The molecular weight excluding hydrogens is 324 g/mol. The van der Waals surface area contributed by atoms with Crippen LogP contribution in [0.5, 0.6) is 0 Å². The maximum Gasteiger partial charge on any atom is 0.257 e. The largest absolute Gasteiger partial charge is 0.381 e. The zero-order chi connectivity index (χ0) is 17.9. The molecule has 4 rings (SSSR count). The highest BCUT2D eigenvalue weighted by Gasteiger charge is 2.18. The van der Waals surface area contributed by atoms with E-state index in [0.29, 0.717) is 11.6 Å². The van der Waals surface area contributed by atoms with Gasteiger partial charge in [-0.3, -0.25) is 4.79 Å². The van der Waals surface area contributed by atoms with Crippen LogP contribution in [0.4, 0.5) is 11.4 Å². The molecule has 0 aliphatic carbocycles. The number of carbonyl (C=O) groups is 1. The van der Waals surface area contributed by atoms with Crippen molar-refractivity contribution in [1.82, 2.24) is 9.88 Å². The molecule has 134 valence electrons. The highest BCUT2D eigenvalue weighted by molar-refractivity contribution is 6.12. The summed E-state index contributed by atoms with van der Waals surface area (Å²) < 4.78 is 0. The molecule has 1 fully saturated rings. The van der Waals surface area contributed by atoms with Crippen molar-refractivity contribution in [3.8, 4) is 0 Å². The summed E-state index contributed by atoms with van der Waals surface area (Å²) in [5.41, 5.74) is 3.32. The molecule has 1 aliphatic rings. The molecule has 0 unspecified atom stereocenters. The molecule has 2 aromatic carbocycles. The topological polar surface area (TPSA) is 60.2 Å². The third-order valence-corrected chi connectivity index (χ3v) is 5.09. The van der Waals surface area contributed by atoms with Crippen LogP contribution in [-0.4, -0.2) is 42.0 Å². The summed E-state index contributed by atoms with van der Waals surface area (Å²) in [6.45, 7) is 2.20. The predicted molar refractivity (Wildman–Crippen MR) is 107 cm³/mol. The summed E-state index contributed by atoms with van der Waals surface area (Å²) in [6, 6.07) is 16.1. The van der Waals surface area contributed by atoms with Crippen LogP contribution < -0.4 is 10.6 Å². The Balaban J connectivity index is 1.53. The Morgan fingerprint density at radius 1 is 1.04 bits per heavy atom. The van der Waals surface area contributed by atoms with E-state index in [-0.39, 0.29) is 5.91 Å². The number of aromatic nitrogens is 1. The molecule has 0 bridgehead atoms. The van der Waals surface area contributed by atoms with Crippen LogP contribution in [0.2, 0.25) is 0 Å². The van der Waals surface area contributed by atoms with Gasteiger partial charge in [0, 0.05) is 17.6 Å². The Morgan fingerprint density at radius 2 is 1.81 bits per heavy atom. The lowest BCUT2D eigenvalue weighted by molar-refractivity contribution is 0.102. The summed E-state index contributed by atoms with van der Waals surface area (Å²) in [5.74, 6) is -0.101. The van der Waals surface area contributed by atoms with E-state index in [4.69, 9.17) is 0 Å². The minimum atomic E-state index is -0.101. The number of hydrogen-bond acceptors (Lipinski definition) is 3. The first-order valence-electron chi connectivity index (χ1n) is 9.12. The van der Waals surface area contributed by atoms with Gasteiger partial charge in [0.15, 0.2) is 0 Å². The Morgan fingerprint density at radius 3 is 2.62 bits per heavy atom. The van der Waals surface area contributed by atoms with Crippen molar-refractivity contribution in [1.29, 1.82) is 0 Å². The zero-order valence-corrected chi connectivity index (χ0v) is 15.0. The molecule has 3 aromatic rings. The summed E-state index contributed by atoms with van der Waals surface area (Å²) in [5, 5.41) is 7.72. The molecule has 0 radical (unpaired) electrons. The molecule has 26 heavy (non-hydrogen) atoms. The van der Waals surface area contributed by atoms with Crippen LogP contribution in [0.1, 0.15) is 23.2 Å². The Labute approximate surface area is 153 Å². The highest BCUT2D eigenvalue weighted by Crippen LogP contribution is 2.26. The van der Waals surface area contributed by atoms with Crippen LogP contribution in [-0.2, 0) is 0 Å². The third kappa shape index (κ3) is 3.44. The van der Waals surface area contributed by atoms with E-state index in [1.165, 1.54) is 0 Å². The molecule has 1 aliphatic heterocycles. The van der Waals surface area contributed by atoms with Crippen LogP contribution in [0, 0.1) is 0 Å². The number of rotatable bonds is 4. The van der Waals surface area contributed by atoms with Gasteiger partial charge in [-0.1, -0.05) is 24.3 Å². The number of nitrogens with zero attached hydrogens (tertiary/aromatic N) is 1. The number of aromatic amines is 1. The minimum Gasteiger partial charge on any atom is -0.381 e. The number of para-hydroxylation sites is 3. The number of amides is 1. The molecular formula is C21H24N4O. The number of carbonyl (C=O) groups excluding carboxylic acids is 1. The number of nitrogens with one attached hydrogen (secondary N) is 3. The Kier molecular flexibility index (Phi) is 4.63. The van der Waals surface area contributed by atoms with Gasteiger partial charge in [-0.25, -0.2) is 0 Å². The quantitative estimate of drug-likeness (QED) is 0.669. The monoisotopic (exact) mass is 348 g/mol. The molecule has 0 spiro atoms. The van der Waals surface area contributed by atoms with E-state index in [1.807, 2.05) is 54.7 Å².